The molecule has 0 aromatic carbocycles. The van der Waals surface area contributed by atoms with Crippen LogP contribution in [-0.4, -0.2) is 42.6 Å². The summed E-state index contributed by atoms with van der Waals surface area (Å²) in [6.45, 7) is 0.216. The number of carbonyl (C=O) groups excluding carboxylic acids is 2. The highest BCUT2D eigenvalue weighted by Gasteiger charge is 2.19. The summed E-state index contributed by atoms with van der Waals surface area (Å²) in [6.07, 6.45) is -0.0121. The summed E-state index contributed by atoms with van der Waals surface area (Å²) in [5.41, 5.74) is 4.89. The molecule has 0 saturated carbocycles. The second-order valence-corrected chi connectivity index (χ2v) is 3.21. The van der Waals surface area contributed by atoms with E-state index >= 15 is 0 Å². The highest BCUT2D eigenvalue weighted by Crippen LogP contribution is 1.98. The number of carboxylic acids is 1. The van der Waals surface area contributed by atoms with Gasteiger partial charge < -0.3 is 20.9 Å². The van der Waals surface area contributed by atoms with Crippen molar-refractivity contribution < 1.29 is 24.2 Å². The fraction of sp³-hybridized carbons (Fsp3) is 0.667. The maximum absolute atomic E-state index is 11.2. The van der Waals surface area contributed by atoms with Crippen LogP contribution in [-0.2, 0) is 19.1 Å². The standard InChI is InChI=1S/C9H16N2O5/c1-16-5-4-8(13)11-6(9(14)15)2-3-7(10)12/h6H,2-5H2,1H3,(H2,10,12)(H,11,13)(H,14,15)/t6-/m0/s1. The molecule has 0 bridgehead atoms. The van der Waals surface area contributed by atoms with Crippen LogP contribution in [0.3, 0.4) is 0 Å². The minimum Gasteiger partial charge on any atom is -0.480 e. The van der Waals surface area contributed by atoms with E-state index in [1.807, 2.05) is 0 Å². The first-order valence-corrected chi connectivity index (χ1v) is 4.76. The number of hydrogen-bond acceptors (Lipinski definition) is 4. The van der Waals surface area contributed by atoms with E-state index < -0.39 is 23.8 Å². The second-order valence-electron chi connectivity index (χ2n) is 3.21. The Morgan fingerprint density at radius 1 is 1.38 bits per heavy atom. The third-order valence-electron chi connectivity index (χ3n) is 1.85. The largest absolute Gasteiger partial charge is 0.480 e. The SMILES string of the molecule is COCCC(=O)N[C@@H](CCC(N)=O)C(=O)O. The molecule has 4 N–H and O–H groups in total. The Balaban J connectivity index is 4.07. The van der Waals surface area contributed by atoms with Crippen LogP contribution in [0.25, 0.3) is 0 Å². The lowest BCUT2D eigenvalue weighted by atomic mass is 10.1. The Labute approximate surface area is 92.9 Å². The highest BCUT2D eigenvalue weighted by molar-refractivity contribution is 5.84. The van der Waals surface area contributed by atoms with Crippen LogP contribution in [0.4, 0.5) is 0 Å². The molecule has 0 unspecified atom stereocenters. The Kier molecular flexibility index (Phi) is 6.86. The summed E-state index contributed by atoms with van der Waals surface area (Å²) in [5, 5.41) is 11.0. The van der Waals surface area contributed by atoms with Crippen molar-refractivity contribution in [1.82, 2.24) is 5.32 Å². The number of nitrogens with two attached hydrogens (primary N) is 1. The van der Waals surface area contributed by atoms with E-state index in [2.05, 4.69) is 10.1 Å². The van der Waals surface area contributed by atoms with Crippen molar-refractivity contribution in [3.63, 3.8) is 0 Å². The van der Waals surface area contributed by atoms with Crippen molar-refractivity contribution in [2.75, 3.05) is 13.7 Å². The average molecular weight is 232 g/mol. The minimum absolute atomic E-state index is 0.0105. The lowest BCUT2D eigenvalue weighted by Crippen LogP contribution is -2.41. The maximum atomic E-state index is 11.2. The van der Waals surface area contributed by atoms with E-state index in [9.17, 15) is 14.4 Å². The molecular weight excluding hydrogens is 216 g/mol. The van der Waals surface area contributed by atoms with Gasteiger partial charge in [0.2, 0.25) is 11.8 Å². The lowest BCUT2D eigenvalue weighted by molar-refractivity contribution is -0.142. The summed E-state index contributed by atoms with van der Waals surface area (Å²) < 4.78 is 4.67. The van der Waals surface area contributed by atoms with Gasteiger partial charge in [0.15, 0.2) is 0 Å². The smallest absolute Gasteiger partial charge is 0.326 e. The predicted molar refractivity (Wildman–Crippen MR) is 54.5 cm³/mol. The van der Waals surface area contributed by atoms with Gasteiger partial charge in [0.1, 0.15) is 6.04 Å². The zero-order valence-corrected chi connectivity index (χ0v) is 9.06. The van der Waals surface area contributed by atoms with Crippen molar-refractivity contribution in [3.8, 4) is 0 Å². The van der Waals surface area contributed by atoms with E-state index in [0.717, 1.165) is 0 Å². The first-order valence-electron chi connectivity index (χ1n) is 4.76. The van der Waals surface area contributed by atoms with Crippen LogP contribution in [0.15, 0.2) is 0 Å². The fourth-order valence-electron chi connectivity index (χ4n) is 1.01. The molecule has 0 heterocycles. The fourth-order valence-corrected chi connectivity index (χ4v) is 1.01. The van der Waals surface area contributed by atoms with Crippen molar-refractivity contribution in [2.45, 2.75) is 25.3 Å². The average Bonchev–Trinajstić information content (AvgIpc) is 2.20. The Morgan fingerprint density at radius 3 is 2.44 bits per heavy atom. The molecule has 0 aliphatic heterocycles. The van der Waals surface area contributed by atoms with E-state index in [1.165, 1.54) is 7.11 Å². The summed E-state index contributed by atoms with van der Waals surface area (Å²) in [4.78, 5) is 32.4. The molecule has 0 radical (unpaired) electrons. The van der Waals surface area contributed by atoms with Crippen LogP contribution in [0.5, 0.6) is 0 Å². The number of nitrogens with one attached hydrogen (secondary N) is 1. The Bertz CT molecular complexity index is 267. The number of ether oxygens (including phenoxy) is 1. The first kappa shape index (κ1) is 14.4. The van der Waals surface area contributed by atoms with Gasteiger partial charge in [-0.15, -0.1) is 0 Å². The third-order valence-corrected chi connectivity index (χ3v) is 1.85. The van der Waals surface area contributed by atoms with Crippen molar-refractivity contribution in [1.29, 1.82) is 0 Å². The Hall–Kier alpha value is -1.63. The molecule has 7 heteroatoms. The number of carboxylic acid groups (broad SMARTS) is 1. The second kappa shape index (κ2) is 7.63. The number of methoxy groups -OCH3 is 1. The lowest BCUT2D eigenvalue weighted by Gasteiger charge is -2.13. The molecule has 0 aromatic rings. The van der Waals surface area contributed by atoms with Crippen LogP contribution in [0, 0.1) is 0 Å². The summed E-state index contributed by atoms with van der Waals surface area (Å²) in [7, 11) is 1.44. The minimum atomic E-state index is -1.19. The number of aliphatic carboxylic acids is 1. The Morgan fingerprint density at radius 2 is 2.00 bits per heavy atom. The molecule has 0 aliphatic rings. The van der Waals surface area contributed by atoms with Gasteiger partial charge in [-0.25, -0.2) is 4.79 Å². The van der Waals surface area contributed by atoms with Crippen LogP contribution in [0.1, 0.15) is 19.3 Å². The number of amides is 2. The van der Waals surface area contributed by atoms with Gasteiger partial charge in [0.05, 0.1) is 6.61 Å². The van der Waals surface area contributed by atoms with Crippen LogP contribution >= 0.6 is 0 Å². The zero-order chi connectivity index (χ0) is 12.6. The summed E-state index contributed by atoms with van der Waals surface area (Å²) >= 11 is 0. The third kappa shape index (κ3) is 6.77. The molecule has 1 atom stereocenters. The first-order chi connectivity index (χ1) is 7.47. The predicted octanol–water partition coefficient (Wildman–Crippen LogP) is -1.14. The van der Waals surface area contributed by atoms with Crippen molar-refractivity contribution in [3.05, 3.63) is 0 Å². The molecular formula is C9H16N2O5. The van der Waals surface area contributed by atoms with Crippen LogP contribution < -0.4 is 11.1 Å². The van der Waals surface area contributed by atoms with Gasteiger partial charge in [0, 0.05) is 20.0 Å². The number of carbonyl (C=O) groups is 3. The molecule has 2 amide bonds. The van der Waals surface area contributed by atoms with E-state index in [1.54, 1.807) is 0 Å². The van der Waals surface area contributed by atoms with E-state index in [-0.39, 0.29) is 25.9 Å². The summed E-state index contributed by atoms with van der Waals surface area (Å²) in [5.74, 6) is -2.22. The van der Waals surface area contributed by atoms with Gasteiger partial charge in [-0.05, 0) is 6.42 Å². The molecule has 92 valence electrons. The van der Waals surface area contributed by atoms with Crippen molar-refractivity contribution >= 4 is 17.8 Å². The molecule has 0 rings (SSSR count). The molecule has 0 fully saturated rings. The monoisotopic (exact) mass is 232 g/mol. The van der Waals surface area contributed by atoms with E-state index in [0.29, 0.717) is 0 Å². The maximum Gasteiger partial charge on any atom is 0.326 e. The number of hydrogen-bond donors (Lipinski definition) is 3. The number of rotatable bonds is 8. The topological polar surface area (TPSA) is 119 Å². The molecule has 7 nitrogen and oxygen atoms in total. The highest BCUT2D eigenvalue weighted by atomic mass is 16.5. The van der Waals surface area contributed by atoms with Gasteiger partial charge >= 0.3 is 5.97 Å². The van der Waals surface area contributed by atoms with Gasteiger partial charge in [0.25, 0.3) is 0 Å². The molecule has 0 saturated heterocycles. The number of primary amides is 1. The van der Waals surface area contributed by atoms with E-state index in [4.69, 9.17) is 10.8 Å². The van der Waals surface area contributed by atoms with Gasteiger partial charge in [-0.2, -0.15) is 0 Å². The van der Waals surface area contributed by atoms with Gasteiger partial charge in [-0.1, -0.05) is 0 Å². The van der Waals surface area contributed by atoms with Crippen LogP contribution in [0.2, 0.25) is 0 Å². The summed E-state index contributed by atoms with van der Waals surface area (Å²) in [6, 6.07) is -1.09. The molecule has 0 spiro atoms. The molecule has 16 heavy (non-hydrogen) atoms. The molecule has 0 aliphatic carbocycles. The van der Waals surface area contributed by atoms with Crippen molar-refractivity contribution in [2.24, 2.45) is 5.73 Å². The normalized spacial score (nSPS) is 11.8. The quantitative estimate of drug-likeness (QED) is 0.488. The zero-order valence-electron chi connectivity index (χ0n) is 9.06. The van der Waals surface area contributed by atoms with Gasteiger partial charge in [-0.3, -0.25) is 9.59 Å². The molecule has 0 aromatic heterocycles.